The number of carboxylic acid groups (broad SMARTS) is 1. The maximum Gasteiger partial charge on any atom is 0.305 e. The first-order chi connectivity index (χ1) is 8.09. The van der Waals surface area contributed by atoms with Crippen LogP contribution in [-0.4, -0.2) is 34.3 Å². The lowest BCUT2D eigenvalue weighted by Crippen LogP contribution is -2.34. The Hall–Kier alpha value is -1.65. The minimum Gasteiger partial charge on any atom is -0.481 e. The molecule has 0 spiro atoms. The third-order valence-electron chi connectivity index (χ3n) is 4.11. The first kappa shape index (κ1) is 10.5. The predicted octanol–water partition coefficient (Wildman–Crippen LogP) is 0.268. The molecule has 0 aromatic rings. The van der Waals surface area contributed by atoms with Gasteiger partial charge in [-0.05, 0) is 18.3 Å². The lowest BCUT2D eigenvalue weighted by atomic mass is 9.85. The molecule has 90 valence electrons. The van der Waals surface area contributed by atoms with Crippen LogP contribution in [-0.2, 0) is 14.4 Å². The number of likely N-dealkylation sites (tertiary alicyclic amines) is 1. The van der Waals surface area contributed by atoms with Crippen molar-refractivity contribution in [3.63, 3.8) is 0 Å². The molecule has 2 bridgehead atoms. The summed E-state index contributed by atoms with van der Waals surface area (Å²) in [5.74, 6) is -1.37. The van der Waals surface area contributed by atoms with Crippen molar-refractivity contribution in [2.24, 2.45) is 23.7 Å². The first-order valence-electron chi connectivity index (χ1n) is 5.85. The minimum absolute atomic E-state index is 0.0133. The van der Waals surface area contributed by atoms with Crippen molar-refractivity contribution < 1.29 is 19.5 Å². The van der Waals surface area contributed by atoms with Crippen LogP contribution >= 0.6 is 0 Å². The van der Waals surface area contributed by atoms with Gasteiger partial charge in [0.1, 0.15) is 0 Å². The monoisotopic (exact) mass is 235 g/mol. The molecule has 1 saturated carbocycles. The Bertz CT molecular complexity index is 412. The second-order valence-corrected chi connectivity index (χ2v) is 4.97. The van der Waals surface area contributed by atoms with Gasteiger partial charge in [0, 0.05) is 6.54 Å². The van der Waals surface area contributed by atoms with Crippen molar-refractivity contribution >= 4 is 17.8 Å². The number of nitrogens with zero attached hydrogens (tertiary/aromatic N) is 1. The molecule has 4 atom stereocenters. The number of hydrogen-bond acceptors (Lipinski definition) is 3. The molecule has 1 aliphatic heterocycles. The van der Waals surface area contributed by atoms with Crippen molar-refractivity contribution in [1.82, 2.24) is 4.90 Å². The summed E-state index contributed by atoms with van der Waals surface area (Å²) < 4.78 is 0. The quantitative estimate of drug-likeness (QED) is 0.562. The highest BCUT2D eigenvalue weighted by Crippen LogP contribution is 2.52. The fourth-order valence-electron chi connectivity index (χ4n) is 3.39. The average molecular weight is 235 g/mol. The van der Waals surface area contributed by atoms with Crippen molar-refractivity contribution in [2.45, 2.75) is 12.8 Å². The van der Waals surface area contributed by atoms with E-state index in [-0.39, 0.29) is 48.5 Å². The molecule has 5 nitrogen and oxygen atoms in total. The second kappa shape index (κ2) is 3.42. The highest BCUT2D eigenvalue weighted by Gasteiger charge is 2.58. The summed E-state index contributed by atoms with van der Waals surface area (Å²) in [6, 6.07) is 0. The number of carbonyl (C=O) groups is 3. The van der Waals surface area contributed by atoms with Gasteiger partial charge in [0.05, 0.1) is 18.3 Å². The zero-order valence-electron chi connectivity index (χ0n) is 9.20. The number of amides is 2. The summed E-state index contributed by atoms with van der Waals surface area (Å²) in [4.78, 5) is 35.8. The molecule has 1 heterocycles. The molecular formula is C12H13NO4. The van der Waals surface area contributed by atoms with Crippen LogP contribution in [0.1, 0.15) is 12.8 Å². The number of rotatable bonds is 3. The van der Waals surface area contributed by atoms with E-state index in [1.807, 2.05) is 12.2 Å². The van der Waals surface area contributed by atoms with Crippen molar-refractivity contribution in [2.75, 3.05) is 6.54 Å². The Morgan fingerprint density at radius 3 is 2.24 bits per heavy atom. The average Bonchev–Trinajstić information content (AvgIpc) is 2.92. The molecule has 0 unspecified atom stereocenters. The van der Waals surface area contributed by atoms with E-state index in [1.54, 1.807) is 0 Å². The minimum atomic E-state index is -0.983. The SMILES string of the molecule is O=C(O)CCN1C(=O)[C@H]2[C@H](C1=O)[C@H]1C=C[C@H]2C1. The molecule has 2 aliphatic carbocycles. The Morgan fingerprint density at radius 1 is 1.24 bits per heavy atom. The number of allylic oxidation sites excluding steroid dienone is 2. The predicted molar refractivity (Wildman–Crippen MR) is 56.7 cm³/mol. The molecule has 2 amide bonds. The molecule has 2 fully saturated rings. The zero-order chi connectivity index (χ0) is 12.2. The third-order valence-corrected chi connectivity index (χ3v) is 4.11. The number of carbonyl (C=O) groups excluding carboxylic acids is 2. The molecule has 0 radical (unpaired) electrons. The van der Waals surface area contributed by atoms with Crippen LogP contribution in [0.5, 0.6) is 0 Å². The van der Waals surface area contributed by atoms with Crippen LogP contribution in [0.25, 0.3) is 0 Å². The summed E-state index contributed by atoms with van der Waals surface area (Å²) in [6.07, 6.45) is 4.79. The van der Waals surface area contributed by atoms with Gasteiger partial charge in [0.2, 0.25) is 11.8 Å². The summed E-state index contributed by atoms with van der Waals surface area (Å²) in [7, 11) is 0. The van der Waals surface area contributed by atoms with Crippen LogP contribution in [0, 0.1) is 23.7 Å². The van der Waals surface area contributed by atoms with Gasteiger partial charge >= 0.3 is 5.97 Å². The second-order valence-electron chi connectivity index (χ2n) is 4.97. The number of hydrogen-bond donors (Lipinski definition) is 1. The smallest absolute Gasteiger partial charge is 0.305 e. The van der Waals surface area contributed by atoms with Gasteiger partial charge in [-0.2, -0.15) is 0 Å². The van der Waals surface area contributed by atoms with Crippen molar-refractivity contribution in [3.05, 3.63) is 12.2 Å². The lowest BCUT2D eigenvalue weighted by Gasteiger charge is -2.15. The molecule has 0 aromatic heterocycles. The Labute approximate surface area is 98.1 Å². The third kappa shape index (κ3) is 1.34. The van der Waals surface area contributed by atoms with Gasteiger partial charge in [0.25, 0.3) is 0 Å². The fraction of sp³-hybridized carbons (Fsp3) is 0.583. The van der Waals surface area contributed by atoms with Gasteiger partial charge in [-0.3, -0.25) is 19.3 Å². The summed E-state index contributed by atoms with van der Waals surface area (Å²) in [5, 5.41) is 8.60. The van der Waals surface area contributed by atoms with Crippen LogP contribution in [0.15, 0.2) is 12.2 Å². The number of imide groups is 1. The lowest BCUT2D eigenvalue weighted by molar-refractivity contribution is -0.142. The molecule has 17 heavy (non-hydrogen) atoms. The molecule has 1 saturated heterocycles. The summed E-state index contributed by atoms with van der Waals surface area (Å²) >= 11 is 0. The van der Waals surface area contributed by atoms with E-state index in [0.717, 1.165) is 11.3 Å². The largest absolute Gasteiger partial charge is 0.481 e. The normalized spacial score (nSPS) is 38.0. The van der Waals surface area contributed by atoms with E-state index in [1.165, 1.54) is 0 Å². The van der Waals surface area contributed by atoms with E-state index < -0.39 is 5.97 Å². The maximum absolute atomic E-state index is 12.1. The van der Waals surface area contributed by atoms with E-state index in [0.29, 0.717) is 0 Å². The fourth-order valence-corrected chi connectivity index (χ4v) is 3.39. The zero-order valence-corrected chi connectivity index (χ0v) is 9.20. The van der Waals surface area contributed by atoms with Crippen LogP contribution in [0.3, 0.4) is 0 Å². The molecule has 0 aromatic carbocycles. The highest BCUT2D eigenvalue weighted by atomic mass is 16.4. The van der Waals surface area contributed by atoms with Gasteiger partial charge in [-0.15, -0.1) is 0 Å². The van der Waals surface area contributed by atoms with E-state index in [9.17, 15) is 14.4 Å². The van der Waals surface area contributed by atoms with E-state index in [4.69, 9.17) is 5.11 Å². The molecule has 3 rings (SSSR count). The van der Waals surface area contributed by atoms with Gasteiger partial charge in [-0.1, -0.05) is 12.2 Å². The number of aliphatic carboxylic acids is 1. The standard InChI is InChI=1S/C12H13NO4/c14-8(15)3-4-13-11(16)9-6-1-2-7(5-6)10(9)12(13)17/h1-2,6-7,9-10H,3-5H2,(H,14,15)/t6-,7-,9+,10+/m0/s1. The van der Waals surface area contributed by atoms with Gasteiger partial charge < -0.3 is 5.11 Å². The molecule has 1 N–H and O–H groups in total. The Morgan fingerprint density at radius 2 is 1.76 bits per heavy atom. The topological polar surface area (TPSA) is 74.7 Å². The Balaban J connectivity index is 1.80. The summed E-state index contributed by atoms with van der Waals surface area (Å²) in [5.41, 5.74) is 0. The van der Waals surface area contributed by atoms with Crippen LogP contribution < -0.4 is 0 Å². The highest BCUT2D eigenvalue weighted by molar-refractivity contribution is 6.06. The molecule has 5 heteroatoms. The van der Waals surface area contributed by atoms with Crippen LogP contribution in [0.2, 0.25) is 0 Å². The maximum atomic E-state index is 12.1. The van der Waals surface area contributed by atoms with Crippen molar-refractivity contribution in [1.29, 1.82) is 0 Å². The van der Waals surface area contributed by atoms with Gasteiger partial charge in [-0.25, -0.2) is 0 Å². The van der Waals surface area contributed by atoms with Gasteiger partial charge in [0.15, 0.2) is 0 Å². The van der Waals surface area contributed by atoms with E-state index in [2.05, 4.69) is 0 Å². The van der Waals surface area contributed by atoms with E-state index >= 15 is 0 Å². The van der Waals surface area contributed by atoms with Crippen LogP contribution in [0.4, 0.5) is 0 Å². The number of carboxylic acids is 1. The van der Waals surface area contributed by atoms with Crippen molar-refractivity contribution in [3.8, 4) is 0 Å². The first-order valence-corrected chi connectivity index (χ1v) is 5.85. The summed E-state index contributed by atoms with van der Waals surface area (Å²) in [6.45, 7) is 0.0133. The number of fused-ring (bicyclic) bond motifs is 5. The molecule has 3 aliphatic rings. The Kier molecular flexibility index (Phi) is 2.11. The molecular weight excluding hydrogens is 222 g/mol.